The van der Waals surface area contributed by atoms with Crippen molar-refractivity contribution >= 4 is 27.5 Å². The van der Waals surface area contributed by atoms with Crippen LogP contribution < -0.4 is 20.3 Å². The quantitative estimate of drug-likeness (QED) is 0.193. The largest absolute Gasteiger partial charge is 0.394 e. The molecule has 0 radical (unpaired) electrons. The maximum Gasteiger partial charge on any atom is 0.249 e. The lowest BCUT2D eigenvalue weighted by Crippen LogP contribution is -2.51. The predicted octanol–water partition coefficient (Wildman–Crippen LogP) is 2.87. The molecule has 4 rings (SSSR count). The second kappa shape index (κ2) is 14.6. The minimum atomic E-state index is -3.70. The first-order valence-corrected chi connectivity index (χ1v) is 16.4. The first kappa shape index (κ1) is 34.2. The molecule has 0 aliphatic carbocycles. The number of aryl methyl sites for hydroxylation is 1. The fraction of sp³-hybridized carbons (Fsp3) is 0.394. The minimum Gasteiger partial charge on any atom is -0.394 e. The number of carbonyl (C=O) groups excluding carboxylic acids is 2. The molecule has 0 spiro atoms. The number of β-amino-alcohol motifs (C(OH)–C–C–N with tert-alkyl or cyclic N) is 1. The Kier molecular flexibility index (Phi) is 11.1. The zero-order valence-corrected chi connectivity index (χ0v) is 26.5. The Morgan fingerprint density at radius 3 is 2.51 bits per heavy atom. The fourth-order valence-corrected chi connectivity index (χ4v) is 6.66. The minimum absolute atomic E-state index is 0.0168. The summed E-state index contributed by atoms with van der Waals surface area (Å²) in [7, 11) is -3.70. The van der Waals surface area contributed by atoms with Crippen molar-refractivity contribution in [3.8, 4) is 11.1 Å². The number of aliphatic hydroxyl groups excluding tert-OH is 2. The third-order valence-corrected chi connectivity index (χ3v) is 9.28. The van der Waals surface area contributed by atoms with E-state index in [1.807, 2.05) is 12.1 Å². The lowest BCUT2D eigenvalue weighted by molar-refractivity contribution is -0.128. The molecule has 0 saturated carbocycles. The highest BCUT2D eigenvalue weighted by Crippen LogP contribution is 2.31. The van der Waals surface area contributed by atoms with E-state index < -0.39 is 40.1 Å². The topological polar surface area (TPSA) is 148 Å². The summed E-state index contributed by atoms with van der Waals surface area (Å²) in [5.41, 5.74) is 2.49. The first-order valence-electron chi connectivity index (χ1n) is 14.9. The van der Waals surface area contributed by atoms with Gasteiger partial charge in [0.2, 0.25) is 21.8 Å². The fourth-order valence-electron chi connectivity index (χ4n) is 5.39. The van der Waals surface area contributed by atoms with E-state index in [4.69, 9.17) is 5.11 Å². The molecule has 1 aliphatic heterocycles. The van der Waals surface area contributed by atoms with Crippen LogP contribution in [0.1, 0.15) is 44.7 Å². The van der Waals surface area contributed by atoms with E-state index in [-0.39, 0.29) is 49.2 Å². The summed E-state index contributed by atoms with van der Waals surface area (Å²) in [4.78, 5) is 28.7. The average molecular weight is 641 g/mol. The Hall–Kier alpha value is -3.68. The van der Waals surface area contributed by atoms with Crippen molar-refractivity contribution in [3.63, 3.8) is 0 Å². The van der Waals surface area contributed by atoms with Crippen LogP contribution in [-0.4, -0.2) is 67.8 Å². The van der Waals surface area contributed by atoms with Gasteiger partial charge in [0.15, 0.2) is 0 Å². The van der Waals surface area contributed by atoms with Crippen LogP contribution in [0.2, 0.25) is 0 Å². The van der Waals surface area contributed by atoms with Crippen LogP contribution in [-0.2, 0) is 32.6 Å². The second-order valence-electron chi connectivity index (χ2n) is 11.8. The summed E-state index contributed by atoms with van der Waals surface area (Å²) in [6.07, 6.45) is -0.285. The van der Waals surface area contributed by atoms with Gasteiger partial charge in [0.05, 0.1) is 24.2 Å². The van der Waals surface area contributed by atoms with Crippen molar-refractivity contribution in [1.29, 1.82) is 0 Å². The lowest BCUT2D eigenvalue weighted by Gasteiger charge is -2.29. The SMILES string of the molecule is CCNS(=O)(=O)c1ccccc1-c1ccc(CN2C(=O)[C@H](NC(=O)CC(C)(C)NC[C@H](O)CO)CCc3cc(F)ccc32)cc1. The smallest absolute Gasteiger partial charge is 0.249 e. The van der Waals surface area contributed by atoms with E-state index in [0.717, 1.165) is 5.56 Å². The predicted molar refractivity (Wildman–Crippen MR) is 170 cm³/mol. The number of anilines is 1. The molecule has 2 amide bonds. The molecule has 1 aliphatic rings. The Labute approximate surface area is 263 Å². The first-order chi connectivity index (χ1) is 21.3. The summed E-state index contributed by atoms with van der Waals surface area (Å²) in [6, 6.07) is 17.4. The molecule has 0 saturated heterocycles. The number of benzene rings is 3. The molecule has 1 heterocycles. The Morgan fingerprint density at radius 1 is 1.11 bits per heavy atom. The Morgan fingerprint density at radius 2 is 1.82 bits per heavy atom. The van der Waals surface area contributed by atoms with Crippen LogP contribution >= 0.6 is 0 Å². The van der Waals surface area contributed by atoms with E-state index in [9.17, 15) is 27.5 Å². The number of hydrogen-bond donors (Lipinski definition) is 5. The van der Waals surface area contributed by atoms with Crippen molar-refractivity contribution in [2.75, 3.05) is 24.6 Å². The third kappa shape index (κ3) is 8.74. The van der Waals surface area contributed by atoms with Crippen molar-refractivity contribution in [2.24, 2.45) is 0 Å². The van der Waals surface area contributed by atoms with Gasteiger partial charge < -0.3 is 25.7 Å². The highest BCUT2D eigenvalue weighted by molar-refractivity contribution is 7.89. The molecule has 0 aromatic heterocycles. The second-order valence-corrected chi connectivity index (χ2v) is 13.6. The maximum absolute atomic E-state index is 14.2. The Balaban J connectivity index is 1.56. The standard InChI is InChI=1S/C33H41FN4O6S/c1-4-36-45(43,44)30-8-6-5-7-27(30)23-11-9-22(10-12-23)20-38-29-16-14-25(34)17-24(29)13-15-28(32(38)42)37-31(41)18-33(2,3)35-19-26(40)21-39/h5-12,14,16-17,26,28,35-36,39-40H,4,13,15,18-21H2,1-3H3,(H,37,41)/t26-,28+/m0/s1. The number of rotatable bonds is 13. The number of aliphatic hydroxyl groups is 2. The van der Waals surface area contributed by atoms with Crippen LogP contribution in [0.4, 0.5) is 10.1 Å². The summed E-state index contributed by atoms with van der Waals surface area (Å²) in [5, 5.41) is 24.6. The molecule has 2 atom stereocenters. The van der Waals surface area contributed by atoms with E-state index >= 15 is 0 Å². The van der Waals surface area contributed by atoms with Gasteiger partial charge in [-0.1, -0.05) is 49.4 Å². The number of carbonyl (C=O) groups is 2. The molecular formula is C33H41FN4O6S. The lowest BCUT2D eigenvalue weighted by atomic mass is 9.99. The van der Waals surface area contributed by atoms with Crippen molar-refractivity contribution in [1.82, 2.24) is 15.4 Å². The van der Waals surface area contributed by atoms with Crippen LogP contribution in [0.3, 0.4) is 0 Å². The number of amides is 2. The molecular weight excluding hydrogens is 599 g/mol. The number of halogens is 1. The van der Waals surface area contributed by atoms with E-state index in [0.29, 0.717) is 28.8 Å². The number of hydrogen-bond acceptors (Lipinski definition) is 7. The average Bonchev–Trinajstić information content (AvgIpc) is 3.12. The normalized spacial score (nSPS) is 16.2. The van der Waals surface area contributed by atoms with Crippen molar-refractivity contribution < 1.29 is 32.6 Å². The molecule has 5 N–H and O–H groups in total. The van der Waals surface area contributed by atoms with Crippen LogP contribution in [0.25, 0.3) is 11.1 Å². The van der Waals surface area contributed by atoms with Gasteiger partial charge in [0, 0.05) is 36.3 Å². The number of nitrogens with zero attached hydrogens (tertiary/aromatic N) is 1. The molecule has 242 valence electrons. The van der Waals surface area contributed by atoms with Crippen LogP contribution in [0.5, 0.6) is 0 Å². The number of sulfonamides is 1. The zero-order chi connectivity index (χ0) is 32.8. The monoisotopic (exact) mass is 640 g/mol. The zero-order valence-electron chi connectivity index (χ0n) is 25.7. The summed E-state index contributed by atoms with van der Waals surface area (Å²) in [6.45, 7) is 5.39. The molecule has 45 heavy (non-hydrogen) atoms. The van der Waals surface area contributed by atoms with Gasteiger partial charge >= 0.3 is 0 Å². The van der Waals surface area contributed by atoms with E-state index in [1.165, 1.54) is 12.1 Å². The molecule has 0 unspecified atom stereocenters. The number of fused-ring (bicyclic) bond motifs is 1. The summed E-state index contributed by atoms with van der Waals surface area (Å²) in [5.74, 6) is -1.12. The van der Waals surface area contributed by atoms with Gasteiger partial charge in [-0.05, 0) is 67.6 Å². The molecule has 3 aromatic rings. The highest BCUT2D eigenvalue weighted by Gasteiger charge is 2.33. The van der Waals surface area contributed by atoms with Gasteiger partial charge in [0.25, 0.3) is 0 Å². The van der Waals surface area contributed by atoms with Gasteiger partial charge in [-0.25, -0.2) is 17.5 Å². The van der Waals surface area contributed by atoms with Crippen LogP contribution in [0, 0.1) is 5.82 Å². The maximum atomic E-state index is 14.2. The van der Waals surface area contributed by atoms with Gasteiger partial charge in [-0.2, -0.15) is 0 Å². The number of nitrogens with one attached hydrogen (secondary N) is 3. The molecule has 0 bridgehead atoms. The summed E-state index contributed by atoms with van der Waals surface area (Å²) < 4.78 is 42.3. The van der Waals surface area contributed by atoms with Gasteiger partial charge in [0.1, 0.15) is 11.9 Å². The molecule has 12 heteroatoms. The molecule has 10 nitrogen and oxygen atoms in total. The molecule has 3 aromatic carbocycles. The van der Waals surface area contributed by atoms with E-state index in [2.05, 4.69) is 15.4 Å². The van der Waals surface area contributed by atoms with Crippen molar-refractivity contribution in [3.05, 3.63) is 83.7 Å². The van der Waals surface area contributed by atoms with Gasteiger partial charge in [-0.3, -0.25) is 9.59 Å². The van der Waals surface area contributed by atoms with Crippen molar-refractivity contribution in [2.45, 2.75) is 69.2 Å². The van der Waals surface area contributed by atoms with E-state index in [1.54, 1.807) is 68.1 Å². The highest BCUT2D eigenvalue weighted by atomic mass is 32.2. The molecule has 0 fully saturated rings. The third-order valence-electron chi connectivity index (χ3n) is 7.68. The summed E-state index contributed by atoms with van der Waals surface area (Å²) >= 11 is 0. The Bertz CT molecular complexity index is 1610. The van der Waals surface area contributed by atoms with Gasteiger partial charge in [-0.15, -0.1) is 0 Å². The van der Waals surface area contributed by atoms with Crippen LogP contribution in [0.15, 0.2) is 71.6 Å².